The normalized spacial score (nSPS) is 13.9. The first-order valence-corrected chi connectivity index (χ1v) is 30.6. The maximum Gasteiger partial charge on any atom is 0.306 e. The van der Waals surface area contributed by atoms with Crippen molar-refractivity contribution in [3.05, 3.63) is 158 Å². The Kier molecular flexibility index (Phi) is 55.2. The van der Waals surface area contributed by atoms with E-state index in [0.717, 1.165) is 135 Å². The highest BCUT2D eigenvalue weighted by molar-refractivity contribution is 5.70. The van der Waals surface area contributed by atoms with E-state index in [4.69, 9.17) is 18.9 Å². The lowest BCUT2D eigenvalue weighted by atomic mass is 10.1. The van der Waals surface area contributed by atoms with E-state index in [2.05, 4.69) is 172 Å². The SMILES string of the molecule is CC/C=C\C/C=C\C/C=C\C/C=C\C/C=C\C/C=C\C/C=C\CCCCCCCCCCCC(=O)OC(COC(=O)CCCCCC/C=C\C/C=C\C/C=C\C/C=C\C/C=C\C/C=C\CC)COC(OCC[N+](C)(C)C)C(=O)[O-]. The van der Waals surface area contributed by atoms with Gasteiger partial charge in [-0.15, -0.1) is 0 Å². The number of unbranched alkanes of at least 4 members (excludes halogenated alkanes) is 13. The summed E-state index contributed by atoms with van der Waals surface area (Å²) in [6.07, 6.45) is 84.3. The number of carboxylic acid groups (broad SMARTS) is 1. The molecule has 0 N–H and O–H groups in total. The average Bonchev–Trinajstić information content (AvgIpc) is 3.42. The molecule has 9 nitrogen and oxygen atoms in total. The van der Waals surface area contributed by atoms with E-state index in [1.54, 1.807) is 0 Å². The fraction of sp³-hybridized carbons (Fsp3) is 0.586. The first kappa shape index (κ1) is 73.9. The predicted octanol–water partition coefficient (Wildman–Crippen LogP) is 17.2. The van der Waals surface area contributed by atoms with Gasteiger partial charge in [-0.2, -0.15) is 0 Å². The van der Waals surface area contributed by atoms with Crippen molar-refractivity contribution in [2.45, 2.75) is 219 Å². The molecule has 0 aromatic carbocycles. The number of nitrogens with zero attached hydrogens (tertiary/aromatic N) is 1. The van der Waals surface area contributed by atoms with Crippen molar-refractivity contribution in [2.24, 2.45) is 0 Å². The van der Waals surface area contributed by atoms with Crippen LogP contribution in [0.5, 0.6) is 0 Å². The van der Waals surface area contributed by atoms with Crippen LogP contribution in [0.4, 0.5) is 0 Å². The number of carboxylic acids is 1. The molecule has 0 radical (unpaired) electrons. The van der Waals surface area contributed by atoms with Crippen molar-refractivity contribution in [3.63, 3.8) is 0 Å². The van der Waals surface area contributed by atoms with Gasteiger partial charge >= 0.3 is 11.9 Å². The molecule has 0 bridgehead atoms. The number of esters is 2. The Morgan fingerprint density at radius 2 is 0.684 bits per heavy atom. The molecule has 444 valence electrons. The zero-order chi connectivity index (χ0) is 57.6. The van der Waals surface area contributed by atoms with E-state index in [1.165, 1.54) is 32.1 Å². The highest BCUT2D eigenvalue weighted by atomic mass is 16.7. The molecule has 2 atom stereocenters. The first-order valence-electron chi connectivity index (χ1n) is 30.6. The van der Waals surface area contributed by atoms with Gasteiger partial charge in [0.25, 0.3) is 0 Å². The van der Waals surface area contributed by atoms with E-state index in [1.807, 2.05) is 21.1 Å². The Morgan fingerprint density at radius 3 is 1.01 bits per heavy atom. The van der Waals surface area contributed by atoms with E-state index in [9.17, 15) is 19.5 Å². The van der Waals surface area contributed by atoms with Crippen LogP contribution in [-0.2, 0) is 33.3 Å². The molecule has 0 saturated carbocycles. The van der Waals surface area contributed by atoms with E-state index in [-0.39, 0.29) is 32.7 Å². The Bertz CT molecular complexity index is 1850. The fourth-order valence-corrected chi connectivity index (χ4v) is 7.64. The predicted molar refractivity (Wildman–Crippen MR) is 333 cm³/mol. The summed E-state index contributed by atoms with van der Waals surface area (Å²) in [6, 6.07) is 0. The van der Waals surface area contributed by atoms with Crippen LogP contribution in [0.3, 0.4) is 0 Å². The molecule has 2 unspecified atom stereocenters. The lowest BCUT2D eigenvalue weighted by molar-refractivity contribution is -0.870. The maximum absolute atomic E-state index is 12.9. The molecule has 0 spiro atoms. The molecule has 0 saturated heterocycles. The van der Waals surface area contributed by atoms with Gasteiger partial charge in [0, 0.05) is 12.8 Å². The molecular formula is C70H111NO8. The third kappa shape index (κ3) is 60.4. The minimum Gasteiger partial charge on any atom is -0.545 e. The van der Waals surface area contributed by atoms with Gasteiger partial charge < -0.3 is 33.3 Å². The smallest absolute Gasteiger partial charge is 0.306 e. The van der Waals surface area contributed by atoms with Gasteiger partial charge in [-0.3, -0.25) is 9.59 Å². The Balaban J connectivity index is 4.32. The van der Waals surface area contributed by atoms with Crippen LogP contribution < -0.4 is 5.11 Å². The molecule has 79 heavy (non-hydrogen) atoms. The second kappa shape index (κ2) is 59.0. The number of hydrogen-bond acceptors (Lipinski definition) is 8. The average molecular weight is 1090 g/mol. The summed E-state index contributed by atoms with van der Waals surface area (Å²) in [6.45, 7) is 4.46. The molecule has 0 aromatic heterocycles. The summed E-state index contributed by atoms with van der Waals surface area (Å²) < 4.78 is 22.7. The molecule has 0 fully saturated rings. The summed E-state index contributed by atoms with van der Waals surface area (Å²) in [5.74, 6) is -2.35. The number of carbonyl (C=O) groups is 3. The maximum atomic E-state index is 12.9. The monoisotopic (exact) mass is 1090 g/mol. The van der Waals surface area contributed by atoms with Crippen LogP contribution in [0.15, 0.2) is 158 Å². The van der Waals surface area contributed by atoms with Gasteiger partial charge in [0.15, 0.2) is 12.4 Å². The minimum absolute atomic E-state index is 0.132. The van der Waals surface area contributed by atoms with E-state index < -0.39 is 30.3 Å². The number of carbonyl (C=O) groups excluding carboxylic acids is 3. The number of quaternary nitrogens is 1. The second-order valence-electron chi connectivity index (χ2n) is 20.9. The molecule has 0 rings (SSSR count). The zero-order valence-corrected chi connectivity index (χ0v) is 50.4. The topological polar surface area (TPSA) is 111 Å². The molecule has 9 heteroatoms. The summed E-state index contributed by atoms with van der Waals surface area (Å²) >= 11 is 0. The number of allylic oxidation sites excluding steroid dienone is 26. The van der Waals surface area contributed by atoms with Gasteiger partial charge in [-0.1, -0.05) is 230 Å². The summed E-state index contributed by atoms with van der Waals surface area (Å²) in [5, 5.41) is 11.8. The molecule has 0 heterocycles. The van der Waals surface area contributed by atoms with Crippen LogP contribution in [0.1, 0.15) is 206 Å². The molecular weight excluding hydrogens is 983 g/mol. The van der Waals surface area contributed by atoms with Crippen molar-refractivity contribution in [1.82, 2.24) is 0 Å². The Hall–Kier alpha value is -5.09. The van der Waals surface area contributed by atoms with Crippen LogP contribution in [0.2, 0.25) is 0 Å². The molecule has 0 aliphatic heterocycles. The van der Waals surface area contributed by atoms with Gasteiger partial charge in [-0.25, -0.2) is 0 Å². The van der Waals surface area contributed by atoms with Crippen molar-refractivity contribution >= 4 is 17.9 Å². The standard InChI is InChI=1S/C70H111NO8/c1-6-8-10-12-14-16-18-20-22-24-26-28-30-31-32-33-34-35-36-37-39-41-43-45-47-49-51-53-55-57-59-61-68(73)79-66(65-78-70(69(74)75)76-63-62-71(3,4)5)64-77-67(72)60-58-56-54-52-50-48-46-44-42-40-38-29-27-25-23-21-19-17-15-13-11-9-7-2/h8-11,14-17,20-23,26-29,31-32,34-35,37,39-40,42,46,48,66,70H,6-7,12-13,18-19,24-25,30,33,36,38,41,43-45,47,49-65H2,1-5H3/b10-8-,11-9-,16-14-,17-15-,22-20-,23-21-,28-26-,29-27-,32-31-,35-34-,39-37-,42-40-,48-46-. The number of hydrogen-bond donors (Lipinski definition) is 0. The number of likely N-dealkylation sites (N-methyl/N-ethyl adjacent to an activating group) is 1. The van der Waals surface area contributed by atoms with Crippen LogP contribution in [0, 0.1) is 0 Å². The summed E-state index contributed by atoms with van der Waals surface area (Å²) in [7, 11) is 5.90. The highest BCUT2D eigenvalue weighted by Gasteiger charge is 2.22. The van der Waals surface area contributed by atoms with E-state index >= 15 is 0 Å². The van der Waals surface area contributed by atoms with Gasteiger partial charge in [0.05, 0.1) is 40.3 Å². The summed E-state index contributed by atoms with van der Waals surface area (Å²) in [5.41, 5.74) is 0. The van der Waals surface area contributed by atoms with Gasteiger partial charge in [-0.05, 0) is 122 Å². The molecule has 0 aromatic rings. The van der Waals surface area contributed by atoms with Gasteiger partial charge in [0.1, 0.15) is 13.2 Å². The van der Waals surface area contributed by atoms with Crippen molar-refractivity contribution in [1.29, 1.82) is 0 Å². The first-order chi connectivity index (χ1) is 38.6. The molecule has 0 aliphatic carbocycles. The lowest BCUT2D eigenvalue weighted by Crippen LogP contribution is -2.44. The Labute approximate surface area is 483 Å². The van der Waals surface area contributed by atoms with Crippen molar-refractivity contribution in [3.8, 4) is 0 Å². The molecule has 0 aliphatic rings. The Morgan fingerprint density at radius 1 is 0.380 bits per heavy atom. The quantitative estimate of drug-likeness (QED) is 0.0195. The fourth-order valence-electron chi connectivity index (χ4n) is 7.64. The largest absolute Gasteiger partial charge is 0.545 e. The van der Waals surface area contributed by atoms with Crippen molar-refractivity contribution < 1.29 is 42.9 Å². The van der Waals surface area contributed by atoms with E-state index in [0.29, 0.717) is 23.9 Å². The summed E-state index contributed by atoms with van der Waals surface area (Å²) in [4.78, 5) is 37.4. The lowest BCUT2D eigenvalue weighted by Gasteiger charge is -2.26. The number of aliphatic carboxylic acids is 1. The third-order valence-corrected chi connectivity index (χ3v) is 12.3. The number of ether oxygens (including phenoxy) is 4. The zero-order valence-electron chi connectivity index (χ0n) is 50.4. The van der Waals surface area contributed by atoms with Crippen LogP contribution in [0.25, 0.3) is 0 Å². The van der Waals surface area contributed by atoms with Crippen molar-refractivity contribution in [2.75, 3.05) is 47.5 Å². The van der Waals surface area contributed by atoms with Crippen LogP contribution >= 0.6 is 0 Å². The minimum atomic E-state index is -1.64. The molecule has 0 amide bonds. The second-order valence-corrected chi connectivity index (χ2v) is 20.9. The number of rotatable bonds is 54. The van der Waals surface area contributed by atoms with Crippen LogP contribution in [-0.4, -0.2) is 82.3 Å². The van der Waals surface area contributed by atoms with Gasteiger partial charge in [0.2, 0.25) is 0 Å². The highest BCUT2D eigenvalue weighted by Crippen LogP contribution is 2.14. The third-order valence-electron chi connectivity index (χ3n) is 12.3.